The third-order valence-corrected chi connectivity index (χ3v) is 7.01. The van der Waals surface area contributed by atoms with Crippen molar-refractivity contribution in [3.8, 4) is 0 Å². The van der Waals surface area contributed by atoms with E-state index in [-0.39, 0.29) is 45.4 Å². The topological polar surface area (TPSA) is 183 Å². The zero-order valence-corrected chi connectivity index (χ0v) is 24.8. The fourth-order valence-corrected chi connectivity index (χ4v) is 4.55. The van der Waals surface area contributed by atoms with Gasteiger partial charge in [-0.15, -0.1) is 0 Å². The number of nitrogens with one attached hydrogen (secondary N) is 4. The molecular formula is C29H41F3N6O6. The lowest BCUT2D eigenvalue weighted by molar-refractivity contribution is -0.161. The van der Waals surface area contributed by atoms with Gasteiger partial charge in [-0.3, -0.25) is 29.4 Å². The molecule has 0 aromatic heterocycles. The van der Waals surface area contributed by atoms with Gasteiger partial charge in [0.1, 0.15) is 12.1 Å². The summed E-state index contributed by atoms with van der Waals surface area (Å²) in [5, 5.41) is 19.2. The molecule has 1 heterocycles. The summed E-state index contributed by atoms with van der Waals surface area (Å²) in [6.45, 7) is 3.18. The van der Waals surface area contributed by atoms with E-state index in [2.05, 4.69) is 21.3 Å². The molecule has 0 saturated carbocycles. The molecule has 7 N–H and O–H groups in total. The van der Waals surface area contributed by atoms with Crippen LogP contribution >= 0.6 is 0 Å². The summed E-state index contributed by atoms with van der Waals surface area (Å²) in [4.78, 5) is 61.7. The number of primary amides is 1. The van der Waals surface area contributed by atoms with Crippen LogP contribution in [0.25, 0.3) is 0 Å². The predicted molar refractivity (Wildman–Crippen MR) is 156 cm³/mol. The Kier molecular flexibility index (Phi) is 14.3. The van der Waals surface area contributed by atoms with Crippen LogP contribution in [0.3, 0.4) is 0 Å². The molecule has 0 saturated heterocycles. The number of imide groups is 1. The first kappa shape index (κ1) is 36.2. The summed E-state index contributed by atoms with van der Waals surface area (Å²) in [5.41, 5.74) is 6.07. The molecule has 244 valence electrons. The van der Waals surface area contributed by atoms with Crippen molar-refractivity contribution >= 4 is 35.3 Å². The van der Waals surface area contributed by atoms with E-state index in [0.29, 0.717) is 24.1 Å². The normalized spacial score (nSPS) is 15.3. The maximum Gasteiger partial charge on any atom is 0.403 e. The smallest absolute Gasteiger partial charge is 0.392 e. The number of benzene rings is 1. The number of unbranched alkanes of at least 4 members (excludes halogenated alkanes) is 2. The zero-order chi connectivity index (χ0) is 32.9. The monoisotopic (exact) mass is 626 g/mol. The van der Waals surface area contributed by atoms with Crippen LogP contribution < -0.4 is 27.0 Å². The predicted octanol–water partition coefficient (Wildman–Crippen LogP) is 2.08. The van der Waals surface area contributed by atoms with E-state index in [4.69, 9.17) is 5.73 Å². The molecule has 1 aromatic rings. The van der Waals surface area contributed by atoms with Crippen LogP contribution in [0.5, 0.6) is 0 Å². The van der Waals surface area contributed by atoms with Crippen LogP contribution in [-0.4, -0.2) is 77.1 Å². The first-order chi connectivity index (χ1) is 20.7. The molecule has 0 aliphatic carbocycles. The van der Waals surface area contributed by atoms with Gasteiger partial charge in [0, 0.05) is 30.9 Å². The Hall–Kier alpha value is -3.98. The Morgan fingerprint density at radius 2 is 1.57 bits per heavy atom. The Morgan fingerprint density at radius 1 is 0.932 bits per heavy atom. The Bertz CT molecular complexity index is 1160. The Labute approximate surface area is 254 Å². The van der Waals surface area contributed by atoms with Gasteiger partial charge in [-0.2, -0.15) is 13.2 Å². The van der Waals surface area contributed by atoms with E-state index in [1.807, 2.05) is 0 Å². The minimum absolute atomic E-state index is 0.0532. The quantitative estimate of drug-likeness (QED) is 0.106. The van der Waals surface area contributed by atoms with E-state index >= 15 is 0 Å². The summed E-state index contributed by atoms with van der Waals surface area (Å²) < 4.78 is 42.0. The lowest BCUT2D eigenvalue weighted by Crippen LogP contribution is -2.58. The van der Waals surface area contributed by atoms with E-state index in [1.165, 1.54) is 0 Å². The minimum atomic E-state index is -4.67. The fourth-order valence-electron chi connectivity index (χ4n) is 4.55. The first-order valence-electron chi connectivity index (χ1n) is 14.4. The summed E-state index contributed by atoms with van der Waals surface area (Å²) in [7, 11) is 0. The van der Waals surface area contributed by atoms with Gasteiger partial charge in [0.05, 0.1) is 12.6 Å². The van der Waals surface area contributed by atoms with E-state index in [1.54, 1.807) is 38.1 Å². The number of nitrogens with zero attached hydrogens (tertiary/aromatic N) is 1. The molecule has 1 aliphatic rings. The number of hydrogen-bond donors (Lipinski definition) is 6. The van der Waals surface area contributed by atoms with Gasteiger partial charge in [-0.05, 0) is 49.3 Å². The number of aliphatic hydroxyl groups excluding tert-OH is 1. The lowest BCUT2D eigenvalue weighted by atomic mass is 9.99. The van der Waals surface area contributed by atoms with Crippen molar-refractivity contribution in [1.82, 2.24) is 20.9 Å². The number of carbonyl (C=O) groups excluding carboxylic acids is 5. The number of nitrogens with two attached hydrogens (primary N) is 1. The number of halogens is 3. The van der Waals surface area contributed by atoms with Crippen LogP contribution in [0.15, 0.2) is 36.4 Å². The highest BCUT2D eigenvalue weighted by Gasteiger charge is 2.42. The number of amides is 6. The highest BCUT2D eigenvalue weighted by atomic mass is 19.4. The van der Waals surface area contributed by atoms with E-state index in [9.17, 15) is 42.3 Å². The van der Waals surface area contributed by atoms with Gasteiger partial charge < -0.3 is 26.8 Å². The largest absolute Gasteiger partial charge is 0.403 e. The second-order valence-corrected chi connectivity index (χ2v) is 10.8. The van der Waals surface area contributed by atoms with Gasteiger partial charge in [0.25, 0.3) is 11.8 Å². The molecule has 1 aromatic carbocycles. The number of hydrogen-bond acceptors (Lipinski definition) is 7. The second kappa shape index (κ2) is 17.3. The second-order valence-electron chi connectivity index (χ2n) is 10.8. The number of anilines is 1. The summed E-state index contributed by atoms with van der Waals surface area (Å²) in [5.74, 6) is -2.90. The van der Waals surface area contributed by atoms with Gasteiger partial charge >= 0.3 is 12.2 Å². The molecule has 3 atom stereocenters. The fraction of sp³-hybridized carbons (Fsp3) is 0.552. The number of carbonyl (C=O) groups is 5. The highest BCUT2D eigenvalue weighted by Crippen LogP contribution is 2.26. The van der Waals surface area contributed by atoms with Crippen molar-refractivity contribution in [2.75, 3.05) is 18.4 Å². The molecule has 15 heteroatoms. The number of rotatable bonds is 18. The molecule has 6 amide bonds. The molecule has 0 radical (unpaired) electrons. The Balaban J connectivity index is 2.05. The number of urea groups is 1. The maximum absolute atomic E-state index is 14.0. The number of aliphatic hydroxyl groups is 1. The molecule has 0 spiro atoms. The summed E-state index contributed by atoms with van der Waals surface area (Å²) in [6.07, 6.45) is -1.65. The van der Waals surface area contributed by atoms with Crippen molar-refractivity contribution in [3.05, 3.63) is 42.0 Å². The molecule has 44 heavy (non-hydrogen) atoms. The van der Waals surface area contributed by atoms with Gasteiger partial charge in [-0.25, -0.2) is 4.79 Å². The van der Waals surface area contributed by atoms with E-state index in [0.717, 1.165) is 17.1 Å². The van der Waals surface area contributed by atoms with Crippen LogP contribution in [-0.2, 0) is 25.8 Å². The van der Waals surface area contributed by atoms with Gasteiger partial charge in [0.15, 0.2) is 0 Å². The summed E-state index contributed by atoms with van der Waals surface area (Å²) >= 11 is 0. The highest BCUT2D eigenvalue weighted by molar-refractivity contribution is 6.12. The van der Waals surface area contributed by atoms with Gasteiger partial charge in [-0.1, -0.05) is 38.8 Å². The SMILES string of the molecule is CC(C)[C@H](NC(CCCCCN1C(=O)C=CC1=O)C(F)(F)F)C(=O)N[C@@H](CCCNC(N)=O)C(=O)Nc1ccc(CO)cc1. The molecular weight excluding hydrogens is 585 g/mol. The van der Waals surface area contributed by atoms with Crippen molar-refractivity contribution in [1.29, 1.82) is 0 Å². The zero-order valence-electron chi connectivity index (χ0n) is 24.8. The van der Waals surface area contributed by atoms with Crippen molar-refractivity contribution < 1.29 is 42.3 Å². The summed E-state index contributed by atoms with van der Waals surface area (Å²) in [6, 6.07) is 1.08. The van der Waals surface area contributed by atoms with Gasteiger partial charge in [0.2, 0.25) is 11.8 Å². The van der Waals surface area contributed by atoms with Crippen LogP contribution in [0, 0.1) is 5.92 Å². The average molecular weight is 627 g/mol. The molecule has 1 aliphatic heterocycles. The van der Waals surface area contributed by atoms with Crippen molar-refractivity contribution in [3.63, 3.8) is 0 Å². The molecule has 0 bridgehead atoms. The first-order valence-corrected chi connectivity index (χ1v) is 14.4. The van der Waals surface area contributed by atoms with Crippen LogP contribution in [0.1, 0.15) is 57.9 Å². The maximum atomic E-state index is 14.0. The van der Waals surface area contributed by atoms with Crippen molar-refractivity contribution in [2.24, 2.45) is 11.7 Å². The third kappa shape index (κ3) is 12.0. The molecule has 1 unspecified atom stereocenters. The standard InChI is InChI=1S/C29H41F3N6O6/c1-18(2)25(37-22(29(30,31)32)8-4-3-5-16-38-23(40)13-14-24(38)41)27(43)36-21(7-6-15-34-28(33)44)26(42)35-20-11-9-19(17-39)10-12-20/h9-14,18,21-22,25,37,39H,3-8,15-17H2,1-2H3,(H,35,42)(H,36,43)(H3,33,34,44)/t21-,22?,25-/m0/s1. The lowest BCUT2D eigenvalue weighted by Gasteiger charge is -2.30. The molecule has 0 fully saturated rings. The molecule has 12 nitrogen and oxygen atoms in total. The average Bonchev–Trinajstić information content (AvgIpc) is 3.27. The number of alkyl halides is 3. The minimum Gasteiger partial charge on any atom is -0.392 e. The Morgan fingerprint density at radius 3 is 2.11 bits per heavy atom. The van der Waals surface area contributed by atoms with Crippen LogP contribution in [0.2, 0.25) is 0 Å². The van der Waals surface area contributed by atoms with E-state index < -0.39 is 59.9 Å². The van der Waals surface area contributed by atoms with Crippen LogP contribution in [0.4, 0.5) is 23.7 Å². The molecule has 2 rings (SSSR count). The third-order valence-electron chi connectivity index (χ3n) is 7.01. The van der Waals surface area contributed by atoms with Crippen molar-refractivity contribution in [2.45, 2.75) is 83.3 Å².